The molecule has 2 aromatic rings. The van der Waals surface area contributed by atoms with Crippen LogP contribution in [0.15, 0.2) is 34.9 Å². The highest BCUT2D eigenvalue weighted by atomic mass is 32.2. The monoisotopic (exact) mass is 267 g/mol. The molecule has 0 bridgehead atoms. The smallest absolute Gasteiger partial charge is 0.240 e. The summed E-state index contributed by atoms with van der Waals surface area (Å²) in [5, 5.41) is 0.814. The zero-order valence-electron chi connectivity index (χ0n) is 10.0. The highest BCUT2D eigenvalue weighted by Gasteiger charge is 2.21. The molecule has 1 aromatic carbocycles. The highest BCUT2D eigenvalue weighted by Crippen LogP contribution is 2.27. The normalized spacial score (nSPS) is 13.4. The average Bonchev–Trinajstić information content (AvgIpc) is 2.69. The fraction of sp³-hybridized carbons (Fsp3) is 0.250. The van der Waals surface area contributed by atoms with Crippen molar-refractivity contribution in [3.63, 3.8) is 0 Å². The number of amides is 1. The van der Waals surface area contributed by atoms with E-state index in [1.54, 1.807) is 13.0 Å². The number of benzene rings is 1. The van der Waals surface area contributed by atoms with Gasteiger partial charge in [-0.3, -0.25) is 9.52 Å². The van der Waals surface area contributed by atoms with E-state index in [1.165, 1.54) is 6.26 Å². The van der Waals surface area contributed by atoms with Crippen molar-refractivity contribution >= 4 is 26.9 Å². The van der Waals surface area contributed by atoms with Crippen LogP contribution in [0.3, 0.4) is 0 Å². The van der Waals surface area contributed by atoms with E-state index in [1.807, 2.05) is 22.9 Å². The molecule has 1 unspecified atom stereocenters. The number of furan rings is 1. The third-order valence-corrected chi connectivity index (χ3v) is 3.23. The molecule has 5 nitrogen and oxygen atoms in total. The Morgan fingerprint density at radius 2 is 2.00 bits per heavy atom. The lowest BCUT2D eigenvalue weighted by Crippen LogP contribution is -2.32. The molecule has 96 valence electrons. The van der Waals surface area contributed by atoms with Crippen molar-refractivity contribution < 1.29 is 17.6 Å². The van der Waals surface area contributed by atoms with E-state index in [0.717, 1.165) is 11.6 Å². The van der Waals surface area contributed by atoms with Crippen LogP contribution in [0.2, 0.25) is 0 Å². The summed E-state index contributed by atoms with van der Waals surface area (Å²) in [5.74, 6) is -1.16. The summed E-state index contributed by atoms with van der Waals surface area (Å²) < 4.78 is 29.3. The fourth-order valence-electron chi connectivity index (χ4n) is 1.75. The van der Waals surface area contributed by atoms with Gasteiger partial charge in [-0.15, -0.1) is 0 Å². The predicted molar refractivity (Wildman–Crippen MR) is 67.6 cm³/mol. The zero-order valence-corrected chi connectivity index (χ0v) is 10.8. The van der Waals surface area contributed by atoms with E-state index in [4.69, 9.17) is 4.42 Å². The molecule has 1 N–H and O–H groups in total. The molecule has 0 spiro atoms. The lowest BCUT2D eigenvalue weighted by atomic mass is 10.0. The first-order chi connectivity index (χ1) is 8.38. The molecule has 0 aliphatic heterocycles. The van der Waals surface area contributed by atoms with Crippen LogP contribution in [-0.2, 0) is 14.8 Å². The van der Waals surface area contributed by atoms with Crippen LogP contribution in [0.1, 0.15) is 18.4 Å². The van der Waals surface area contributed by atoms with Crippen LogP contribution >= 0.6 is 0 Å². The minimum atomic E-state index is -3.54. The van der Waals surface area contributed by atoms with Crippen LogP contribution in [0.5, 0.6) is 0 Å². The van der Waals surface area contributed by atoms with Gasteiger partial charge in [0.15, 0.2) is 0 Å². The summed E-state index contributed by atoms with van der Waals surface area (Å²) in [6.07, 6.45) is 2.43. The Labute approximate surface area is 105 Å². The van der Waals surface area contributed by atoms with Crippen molar-refractivity contribution in [3.05, 3.63) is 36.1 Å². The molecule has 2 rings (SSSR count). The maximum atomic E-state index is 11.8. The Kier molecular flexibility index (Phi) is 3.13. The number of carbonyl (C=O) groups is 1. The summed E-state index contributed by atoms with van der Waals surface area (Å²) in [6.45, 7) is 1.64. The SMILES string of the molecule is CC(C(=O)NS(C)(=O)=O)c1coc2ccccc12. The second-order valence-corrected chi connectivity index (χ2v) is 5.90. The molecule has 0 aliphatic carbocycles. The van der Waals surface area contributed by atoms with E-state index < -0.39 is 21.8 Å². The van der Waals surface area contributed by atoms with Gasteiger partial charge in [0.25, 0.3) is 0 Å². The topological polar surface area (TPSA) is 76.4 Å². The summed E-state index contributed by atoms with van der Waals surface area (Å²) in [6, 6.07) is 7.29. The van der Waals surface area contributed by atoms with Gasteiger partial charge in [0, 0.05) is 10.9 Å². The van der Waals surface area contributed by atoms with Crippen LogP contribution in [-0.4, -0.2) is 20.6 Å². The Hall–Kier alpha value is -1.82. The summed E-state index contributed by atoms with van der Waals surface area (Å²) in [4.78, 5) is 11.8. The van der Waals surface area contributed by atoms with E-state index in [0.29, 0.717) is 11.1 Å². The van der Waals surface area contributed by atoms with Crippen molar-refractivity contribution in [1.82, 2.24) is 4.72 Å². The molecular weight excluding hydrogens is 254 g/mol. The lowest BCUT2D eigenvalue weighted by Gasteiger charge is -2.09. The number of hydrogen-bond donors (Lipinski definition) is 1. The Bertz CT molecular complexity index is 687. The number of fused-ring (bicyclic) bond motifs is 1. The number of nitrogens with one attached hydrogen (secondary N) is 1. The van der Waals surface area contributed by atoms with Gasteiger partial charge < -0.3 is 4.42 Å². The molecule has 0 radical (unpaired) electrons. The molecule has 0 saturated heterocycles. The summed E-state index contributed by atoms with van der Waals surface area (Å²) in [7, 11) is -3.54. The highest BCUT2D eigenvalue weighted by molar-refractivity contribution is 7.89. The molecule has 18 heavy (non-hydrogen) atoms. The third kappa shape index (κ3) is 2.53. The van der Waals surface area contributed by atoms with E-state index in [-0.39, 0.29) is 0 Å². The predicted octanol–water partition coefficient (Wildman–Crippen LogP) is 1.61. The van der Waals surface area contributed by atoms with Crippen molar-refractivity contribution in [3.8, 4) is 0 Å². The van der Waals surface area contributed by atoms with Gasteiger partial charge in [-0.1, -0.05) is 18.2 Å². The molecule has 0 aliphatic rings. The second kappa shape index (κ2) is 4.45. The van der Waals surface area contributed by atoms with Gasteiger partial charge in [-0.2, -0.15) is 0 Å². The second-order valence-electron chi connectivity index (χ2n) is 4.15. The standard InChI is InChI=1S/C12H13NO4S/c1-8(12(14)13-18(2,15)16)10-7-17-11-6-4-3-5-9(10)11/h3-8H,1-2H3,(H,13,14). The number of para-hydroxylation sites is 1. The Balaban J connectivity index is 2.34. The Morgan fingerprint density at radius 3 is 2.67 bits per heavy atom. The maximum Gasteiger partial charge on any atom is 0.240 e. The third-order valence-electron chi connectivity index (χ3n) is 2.66. The van der Waals surface area contributed by atoms with Crippen molar-refractivity contribution in [1.29, 1.82) is 0 Å². The van der Waals surface area contributed by atoms with Crippen LogP contribution in [0, 0.1) is 0 Å². The molecule has 6 heteroatoms. The molecule has 0 saturated carbocycles. The fourth-order valence-corrected chi connectivity index (χ4v) is 2.29. The molecule has 1 aromatic heterocycles. The minimum Gasteiger partial charge on any atom is -0.464 e. The van der Waals surface area contributed by atoms with E-state index >= 15 is 0 Å². The molecule has 1 atom stereocenters. The number of hydrogen-bond acceptors (Lipinski definition) is 4. The van der Waals surface area contributed by atoms with Gasteiger partial charge in [0.2, 0.25) is 15.9 Å². The number of sulfonamides is 1. The summed E-state index contributed by atoms with van der Waals surface area (Å²) >= 11 is 0. The molecular formula is C12H13NO4S. The molecule has 1 amide bonds. The van der Waals surface area contributed by atoms with Crippen molar-refractivity contribution in [2.75, 3.05) is 6.26 Å². The largest absolute Gasteiger partial charge is 0.464 e. The quantitative estimate of drug-likeness (QED) is 0.916. The average molecular weight is 267 g/mol. The first kappa shape index (κ1) is 12.6. The van der Waals surface area contributed by atoms with Gasteiger partial charge >= 0.3 is 0 Å². The number of rotatable bonds is 3. The van der Waals surface area contributed by atoms with Crippen molar-refractivity contribution in [2.24, 2.45) is 0 Å². The summed E-state index contributed by atoms with van der Waals surface area (Å²) in [5.41, 5.74) is 1.35. The lowest BCUT2D eigenvalue weighted by molar-refractivity contribution is -0.120. The minimum absolute atomic E-state index is 0.566. The molecule has 1 heterocycles. The van der Waals surface area contributed by atoms with Gasteiger partial charge in [0.05, 0.1) is 18.4 Å². The molecule has 0 fully saturated rings. The zero-order chi connectivity index (χ0) is 13.3. The van der Waals surface area contributed by atoms with Crippen LogP contribution in [0.4, 0.5) is 0 Å². The number of carbonyl (C=O) groups excluding carboxylic acids is 1. The van der Waals surface area contributed by atoms with Crippen molar-refractivity contribution in [2.45, 2.75) is 12.8 Å². The van der Waals surface area contributed by atoms with E-state index in [9.17, 15) is 13.2 Å². The van der Waals surface area contributed by atoms with Crippen LogP contribution < -0.4 is 4.72 Å². The van der Waals surface area contributed by atoms with Gasteiger partial charge in [0.1, 0.15) is 5.58 Å². The first-order valence-electron chi connectivity index (χ1n) is 5.36. The first-order valence-corrected chi connectivity index (χ1v) is 7.25. The van der Waals surface area contributed by atoms with Gasteiger partial charge in [-0.05, 0) is 13.0 Å². The Morgan fingerprint density at radius 1 is 1.33 bits per heavy atom. The van der Waals surface area contributed by atoms with E-state index in [2.05, 4.69) is 0 Å². The van der Waals surface area contributed by atoms with Crippen LogP contribution in [0.25, 0.3) is 11.0 Å². The maximum absolute atomic E-state index is 11.8. The van der Waals surface area contributed by atoms with Gasteiger partial charge in [-0.25, -0.2) is 8.42 Å².